The Hall–Kier alpha value is -2.17. The molecule has 0 fully saturated rings. The fourth-order valence-electron chi connectivity index (χ4n) is 3.10. The molecule has 2 unspecified atom stereocenters. The highest BCUT2D eigenvalue weighted by Crippen LogP contribution is 2.36. The molecule has 2 atom stereocenters. The summed E-state index contributed by atoms with van der Waals surface area (Å²) in [5.41, 5.74) is 1.44. The van der Waals surface area contributed by atoms with Crippen LogP contribution in [0.2, 0.25) is 0 Å². The van der Waals surface area contributed by atoms with Gasteiger partial charge in [0.15, 0.2) is 0 Å². The number of halogens is 1. The van der Waals surface area contributed by atoms with E-state index in [1.807, 2.05) is 23.6 Å². The number of aromatic nitrogens is 2. The second-order valence-electron chi connectivity index (χ2n) is 5.34. The number of imidazole rings is 1. The van der Waals surface area contributed by atoms with Crippen LogP contribution in [0, 0.1) is 11.7 Å². The van der Waals surface area contributed by atoms with E-state index in [9.17, 15) is 14.3 Å². The van der Waals surface area contributed by atoms with E-state index < -0.39 is 11.9 Å². The van der Waals surface area contributed by atoms with Crippen molar-refractivity contribution in [1.82, 2.24) is 9.55 Å². The van der Waals surface area contributed by atoms with Crippen molar-refractivity contribution < 1.29 is 14.3 Å². The zero-order valence-electron chi connectivity index (χ0n) is 11.8. The minimum absolute atomic E-state index is 0.164. The minimum atomic E-state index is -0.801. The molecule has 1 heterocycles. The number of carbonyl (C=O) groups is 1. The van der Waals surface area contributed by atoms with Crippen LogP contribution < -0.4 is 0 Å². The van der Waals surface area contributed by atoms with Crippen molar-refractivity contribution in [2.24, 2.45) is 5.92 Å². The lowest BCUT2D eigenvalue weighted by molar-refractivity contribution is -0.142. The zero-order chi connectivity index (χ0) is 15.0. The van der Waals surface area contributed by atoms with Crippen LogP contribution in [0.1, 0.15) is 31.5 Å². The lowest BCUT2D eigenvalue weighted by atomic mass is 9.82. The molecule has 1 aliphatic carbocycles. The highest BCUT2D eigenvalue weighted by molar-refractivity contribution is 5.77. The number of nitrogens with zero attached hydrogens (tertiary/aromatic N) is 2. The second-order valence-corrected chi connectivity index (χ2v) is 5.34. The van der Waals surface area contributed by atoms with E-state index in [-0.39, 0.29) is 11.7 Å². The molecule has 0 aliphatic heterocycles. The molecule has 1 N–H and O–H groups in total. The lowest BCUT2D eigenvalue weighted by Crippen LogP contribution is -2.26. The largest absolute Gasteiger partial charge is 0.481 e. The first-order chi connectivity index (χ1) is 10.1. The third-order valence-corrected chi connectivity index (χ3v) is 4.14. The molecule has 110 valence electrons. The Morgan fingerprint density at radius 2 is 2.19 bits per heavy atom. The fraction of sp³-hybridized carbons (Fsp3) is 0.375. The molecule has 5 heteroatoms. The van der Waals surface area contributed by atoms with Gasteiger partial charge in [-0.2, -0.15) is 0 Å². The van der Waals surface area contributed by atoms with Crippen molar-refractivity contribution in [1.29, 1.82) is 0 Å². The number of hydrogen-bond acceptors (Lipinski definition) is 2. The van der Waals surface area contributed by atoms with Crippen LogP contribution in [-0.2, 0) is 11.3 Å². The molecular formula is C16H17FN2O2. The van der Waals surface area contributed by atoms with Crippen molar-refractivity contribution in [3.63, 3.8) is 0 Å². The summed E-state index contributed by atoms with van der Waals surface area (Å²) in [6.45, 7) is 2.60. The predicted molar refractivity (Wildman–Crippen MR) is 77.6 cm³/mol. The second kappa shape index (κ2) is 5.31. The molecule has 0 bridgehead atoms. The predicted octanol–water partition coefficient (Wildman–Crippen LogP) is 3.33. The number of fused-ring (bicyclic) bond motifs is 1. The maximum atomic E-state index is 13.5. The first-order valence-electron chi connectivity index (χ1n) is 7.15. The smallest absolute Gasteiger partial charge is 0.307 e. The Balaban J connectivity index is 2.14. The van der Waals surface area contributed by atoms with Crippen LogP contribution in [0.25, 0.3) is 11.0 Å². The summed E-state index contributed by atoms with van der Waals surface area (Å²) in [6.07, 6.45) is 5.09. The van der Waals surface area contributed by atoms with E-state index in [2.05, 4.69) is 4.98 Å². The molecule has 4 nitrogen and oxygen atoms in total. The van der Waals surface area contributed by atoms with Crippen LogP contribution in [0.3, 0.4) is 0 Å². The molecule has 21 heavy (non-hydrogen) atoms. The van der Waals surface area contributed by atoms with E-state index in [1.54, 1.807) is 6.07 Å². The molecular weight excluding hydrogens is 271 g/mol. The third-order valence-electron chi connectivity index (χ3n) is 4.14. The molecule has 0 radical (unpaired) electrons. The van der Waals surface area contributed by atoms with Gasteiger partial charge in [-0.25, -0.2) is 9.37 Å². The van der Waals surface area contributed by atoms with Gasteiger partial charge in [0.1, 0.15) is 11.6 Å². The maximum absolute atomic E-state index is 13.5. The monoisotopic (exact) mass is 288 g/mol. The number of rotatable bonds is 3. The van der Waals surface area contributed by atoms with Gasteiger partial charge in [-0.15, -0.1) is 0 Å². The summed E-state index contributed by atoms with van der Waals surface area (Å²) in [7, 11) is 0. The van der Waals surface area contributed by atoms with Crippen LogP contribution in [0.5, 0.6) is 0 Å². The lowest BCUT2D eigenvalue weighted by Gasteiger charge is -2.25. The number of allylic oxidation sites excluding steroid dienone is 2. The van der Waals surface area contributed by atoms with Gasteiger partial charge in [-0.1, -0.05) is 12.2 Å². The Morgan fingerprint density at radius 3 is 2.90 bits per heavy atom. The van der Waals surface area contributed by atoms with Crippen molar-refractivity contribution in [2.45, 2.75) is 32.2 Å². The van der Waals surface area contributed by atoms with Crippen LogP contribution in [-0.4, -0.2) is 20.6 Å². The van der Waals surface area contributed by atoms with E-state index in [0.717, 1.165) is 11.3 Å². The molecule has 2 aromatic rings. The zero-order valence-corrected chi connectivity index (χ0v) is 11.8. The summed E-state index contributed by atoms with van der Waals surface area (Å²) in [5.74, 6) is -0.994. The van der Waals surface area contributed by atoms with Crippen molar-refractivity contribution in [2.75, 3.05) is 0 Å². The van der Waals surface area contributed by atoms with Gasteiger partial charge in [0.2, 0.25) is 0 Å². The van der Waals surface area contributed by atoms with E-state index >= 15 is 0 Å². The molecule has 0 saturated heterocycles. The summed E-state index contributed by atoms with van der Waals surface area (Å²) in [4.78, 5) is 16.1. The number of aryl methyl sites for hydroxylation is 1. The standard InChI is InChI=1S/C16H17FN2O2/c1-2-19-14-9-10(17)7-8-13(14)18-15(19)11-5-3-4-6-12(11)16(20)21/h3-4,7-9,11-12H,2,5-6H2,1H3,(H,20,21). The fourth-order valence-corrected chi connectivity index (χ4v) is 3.10. The van der Waals surface area contributed by atoms with Crippen LogP contribution in [0.15, 0.2) is 30.4 Å². The van der Waals surface area contributed by atoms with Crippen molar-refractivity contribution in [3.05, 3.63) is 42.0 Å². The average Bonchev–Trinajstić information content (AvgIpc) is 2.84. The van der Waals surface area contributed by atoms with Gasteiger partial charge in [0.05, 0.1) is 17.0 Å². The highest BCUT2D eigenvalue weighted by Gasteiger charge is 2.33. The molecule has 0 saturated carbocycles. The van der Waals surface area contributed by atoms with Gasteiger partial charge in [0, 0.05) is 12.5 Å². The average molecular weight is 288 g/mol. The molecule has 0 spiro atoms. The van der Waals surface area contributed by atoms with E-state index in [1.165, 1.54) is 12.1 Å². The summed E-state index contributed by atoms with van der Waals surface area (Å²) in [5, 5.41) is 9.42. The summed E-state index contributed by atoms with van der Waals surface area (Å²) >= 11 is 0. The Bertz CT molecular complexity index is 720. The van der Waals surface area contributed by atoms with Crippen molar-refractivity contribution in [3.8, 4) is 0 Å². The molecule has 1 aromatic heterocycles. The Kier molecular flexibility index (Phi) is 3.49. The SMILES string of the molecule is CCn1c(C2CC=CCC2C(=O)O)nc2ccc(F)cc21. The van der Waals surface area contributed by atoms with Gasteiger partial charge in [0.25, 0.3) is 0 Å². The minimum Gasteiger partial charge on any atom is -0.481 e. The van der Waals surface area contributed by atoms with Gasteiger partial charge in [-0.3, -0.25) is 4.79 Å². The first kappa shape index (κ1) is 13.8. The Morgan fingerprint density at radius 1 is 1.43 bits per heavy atom. The number of carboxylic acids is 1. The number of hydrogen-bond donors (Lipinski definition) is 1. The topological polar surface area (TPSA) is 55.1 Å². The van der Waals surface area contributed by atoms with Gasteiger partial charge in [-0.05, 0) is 38.0 Å². The molecule has 1 aromatic carbocycles. The van der Waals surface area contributed by atoms with Gasteiger partial charge >= 0.3 is 5.97 Å². The van der Waals surface area contributed by atoms with Gasteiger partial charge < -0.3 is 9.67 Å². The van der Waals surface area contributed by atoms with Crippen LogP contribution >= 0.6 is 0 Å². The molecule has 0 amide bonds. The van der Waals surface area contributed by atoms with Crippen LogP contribution in [0.4, 0.5) is 4.39 Å². The highest BCUT2D eigenvalue weighted by atomic mass is 19.1. The van der Waals surface area contributed by atoms with Crippen molar-refractivity contribution >= 4 is 17.0 Å². The number of aliphatic carboxylic acids is 1. The Labute approximate surface area is 121 Å². The first-order valence-corrected chi connectivity index (χ1v) is 7.15. The number of benzene rings is 1. The normalized spacial score (nSPS) is 21.8. The number of carboxylic acid groups (broad SMARTS) is 1. The summed E-state index contributed by atoms with van der Waals surface area (Å²) < 4.78 is 15.4. The maximum Gasteiger partial charge on any atom is 0.307 e. The molecule has 1 aliphatic rings. The summed E-state index contributed by atoms with van der Waals surface area (Å²) in [6, 6.07) is 4.49. The van der Waals surface area contributed by atoms with E-state index in [0.29, 0.717) is 24.9 Å². The molecule has 3 rings (SSSR count). The third kappa shape index (κ3) is 2.33. The quantitative estimate of drug-likeness (QED) is 0.881. The van der Waals surface area contributed by atoms with E-state index in [4.69, 9.17) is 0 Å².